The van der Waals surface area contributed by atoms with Crippen molar-refractivity contribution in [3.05, 3.63) is 101 Å². The minimum atomic E-state index is 0.0346. The lowest BCUT2D eigenvalue weighted by Gasteiger charge is -2.25. The number of para-hydroxylation sites is 1. The second kappa shape index (κ2) is 8.41. The highest BCUT2D eigenvalue weighted by Crippen LogP contribution is 2.34. The van der Waals surface area contributed by atoms with Crippen molar-refractivity contribution >= 4 is 11.6 Å². The molecule has 1 aliphatic rings. The normalized spacial score (nSPS) is 15.4. The molecule has 0 saturated carbocycles. The topological polar surface area (TPSA) is 32.3 Å². The van der Waals surface area contributed by atoms with E-state index in [0.29, 0.717) is 12.6 Å². The Hall–Kier alpha value is -2.91. The fourth-order valence-corrected chi connectivity index (χ4v) is 4.13. The predicted octanol–water partition coefficient (Wildman–Crippen LogP) is 4.84. The number of rotatable bonds is 6. The van der Waals surface area contributed by atoms with Crippen molar-refractivity contribution in [2.24, 2.45) is 0 Å². The first-order valence-corrected chi connectivity index (χ1v) is 9.90. The predicted molar refractivity (Wildman–Crippen MR) is 114 cm³/mol. The van der Waals surface area contributed by atoms with Crippen molar-refractivity contribution in [1.82, 2.24) is 4.90 Å². The molecule has 4 rings (SSSR count). The summed E-state index contributed by atoms with van der Waals surface area (Å²) in [6.07, 6.45) is 2.98. The van der Waals surface area contributed by atoms with Gasteiger partial charge in [0.05, 0.1) is 6.54 Å². The standard InChI is InChI=1S/C25H26N2O/c1-27(24-16-15-20-11-5-7-13-22(20)24)18-25(28)26-23-14-8-6-12-21(23)17-19-9-3-2-4-10-19/h2-14,24H,15-18H2,1H3,(H,26,28)/t24-/m0/s1. The zero-order valence-corrected chi connectivity index (χ0v) is 16.3. The second-order valence-corrected chi connectivity index (χ2v) is 7.54. The van der Waals surface area contributed by atoms with Gasteiger partial charge in [0.1, 0.15) is 0 Å². The molecule has 1 N–H and O–H groups in total. The molecule has 0 aliphatic heterocycles. The van der Waals surface area contributed by atoms with E-state index in [4.69, 9.17) is 0 Å². The van der Waals surface area contributed by atoms with Crippen LogP contribution in [0, 0.1) is 0 Å². The molecule has 3 aromatic rings. The number of carbonyl (C=O) groups is 1. The molecular weight excluding hydrogens is 344 g/mol. The van der Waals surface area contributed by atoms with Gasteiger partial charge in [-0.15, -0.1) is 0 Å². The molecule has 3 nitrogen and oxygen atoms in total. The molecule has 0 spiro atoms. The number of nitrogens with one attached hydrogen (secondary N) is 1. The summed E-state index contributed by atoms with van der Waals surface area (Å²) in [4.78, 5) is 14.9. The van der Waals surface area contributed by atoms with Crippen LogP contribution in [0.4, 0.5) is 5.69 Å². The monoisotopic (exact) mass is 370 g/mol. The van der Waals surface area contributed by atoms with Crippen LogP contribution < -0.4 is 5.32 Å². The summed E-state index contributed by atoms with van der Waals surface area (Å²) in [5.74, 6) is 0.0346. The van der Waals surface area contributed by atoms with Crippen LogP contribution in [0.15, 0.2) is 78.9 Å². The lowest BCUT2D eigenvalue weighted by Crippen LogP contribution is -2.32. The smallest absolute Gasteiger partial charge is 0.238 e. The van der Waals surface area contributed by atoms with Gasteiger partial charge in [0.2, 0.25) is 5.91 Å². The van der Waals surface area contributed by atoms with Crippen molar-refractivity contribution in [2.45, 2.75) is 25.3 Å². The lowest BCUT2D eigenvalue weighted by molar-refractivity contribution is -0.117. The number of nitrogens with zero attached hydrogens (tertiary/aromatic N) is 1. The Morgan fingerprint density at radius 3 is 2.54 bits per heavy atom. The largest absolute Gasteiger partial charge is 0.325 e. The molecule has 0 heterocycles. The minimum absolute atomic E-state index is 0.0346. The first kappa shape index (κ1) is 18.5. The Labute approximate surface area is 167 Å². The molecule has 1 amide bonds. The van der Waals surface area contributed by atoms with Gasteiger partial charge in [-0.1, -0.05) is 72.8 Å². The molecule has 0 unspecified atom stereocenters. The third-order valence-corrected chi connectivity index (χ3v) is 5.56. The van der Waals surface area contributed by atoms with E-state index in [-0.39, 0.29) is 5.91 Å². The summed E-state index contributed by atoms with van der Waals surface area (Å²) in [6.45, 7) is 0.388. The summed E-state index contributed by atoms with van der Waals surface area (Å²) in [6, 6.07) is 27.3. The van der Waals surface area contributed by atoms with E-state index in [0.717, 1.165) is 30.5 Å². The van der Waals surface area contributed by atoms with Crippen molar-refractivity contribution in [3.8, 4) is 0 Å². The SMILES string of the molecule is CN(CC(=O)Nc1ccccc1Cc1ccccc1)[C@H]1CCc2ccccc21. The number of aryl methyl sites for hydroxylation is 1. The van der Waals surface area contributed by atoms with Gasteiger partial charge in [-0.25, -0.2) is 0 Å². The van der Waals surface area contributed by atoms with Crippen LogP contribution >= 0.6 is 0 Å². The molecule has 0 fully saturated rings. The Kier molecular flexibility index (Phi) is 5.54. The number of hydrogen-bond donors (Lipinski definition) is 1. The quantitative estimate of drug-likeness (QED) is 0.674. The highest BCUT2D eigenvalue weighted by molar-refractivity contribution is 5.93. The number of fused-ring (bicyclic) bond motifs is 1. The van der Waals surface area contributed by atoms with Crippen LogP contribution in [0.1, 0.15) is 34.7 Å². The molecule has 0 radical (unpaired) electrons. The van der Waals surface area contributed by atoms with Crippen molar-refractivity contribution in [2.75, 3.05) is 18.9 Å². The average Bonchev–Trinajstić information content (AvgIpc) is 3.14. The van der Waals surface area contributed by atoms with Gasteiger partial charge in [0.15, 0.2) is 0 Å². The van der Waals surface area contributed by atoms with Crippen LogP contribution in [0.2, 0.25) is 0 Å². The van der Waals surface area contributed by atoms with E-state index in [1.54, 1.807) is 0 Å². The summed E-state index contributed by atoms with van der Waals surface area (Å²) < 4.78 is 0. The van der Waals surface area contributed by atoms with Gasteiger partial charge in [0, 0.05) is 11.7 Å². The van der Waals surface area contributed by atoms with E-state index in [1.165, 1.54) is 16.7 Å². The third kappa shape index (κ3) is 4.15. The zero-order valence-electron chi connectivity index (χ0n) is 16.3. The fraction of sp³-hybridized carbons (Fsp3) is 0.240. The van der Waals surface area contributed by atoms with E-state index in [1.807, 2.05) is 43.4 Å². The van der Waals surface area contributed by atoms with Crippen LogP contribution in [0.3, 0.4) is 0 Å². The third-order valence-electron chi connectivity index (χ3n) is 5.56. The van der Waals surface area contributed by atoms with E-state index in [9.17, 15) is 4.79 Å². The first-order valence-electron chi connectivity index (χ1n) is 9.90. The van der Waals surface area contributed by atoms with Gasteiger partial charge >= 0.3 is 0 Å². The fourth-order valence-electron chi connectivity index (χ4n) is 4.13. The van der Waals surface area contributed by atoms with E-state index >= 15 is 0 Å². The number of anilines is 1. The van der Waals surface area contributed by atoms with Gasteiger partial charge in [-0.05, 0) is 54.6 Å². The highest BCUT2D eigenvalue weighted by atomic mass is 16.2. The number of amides is 1. The molecule has 1 atom stereocenters. The summed E-state index contributed by atoms with van der Waals surface area (Å²) >= 11 is 0. The molecule has 0 aromatic heterocycles. The molecule has 0 bridgehead atoms. The lowest BCUT2D eigenvalue weighted by atomic mass is 10.0. The molecule has 28 heavy (non-hydrogen) atoms. The van der Waals surface area contributed by atoms with Crippen LogP contribution in [0.5, 0.6) is 0 Å². The Balaban J connectivity index is 1.42. The van der Waals surface area contributed by atoms with Gasteiger partial charge in [0.25, 0.3) is 0 Å². The molecule has 3 aromatic carbocycles. The first-order chi connectivity index (χ1) is 13.7. The van der Waals surface area contributed by atoms with Crippen molar-refractivity contribution in [3.63, 3.8) is 0 Å². The minimum Gasteiger partial charge on any atom is -0.325 e. The number of hydrogen-bond acceptors (Lipinski definition) is 2. The van der Waals surface area contributed by atoms with Gasteiger partial charge in [-0.2, -0.15) is 0 Å². The maximum Gasteiger partial charge on any atom is 0.238 e. The maximum absolute atomic E-state index is 12.7. The summed E-state index contributed by atoms with van der Waals surface area (Å²) in [7, 11) is 2.04. The Morgan fingerprint density at radius 2 is 1.68 bits per heavy atom. The van der Waals surface area contributed by atoms with E-state index < -0.39 is 0 Å². The Morgan fingerprint density at radius 1 is 0.964 bits per heavy atom. The van der Waals surface area contributed by atoms with Crippen LogP contribution in [-0.4, -0.2) is 24.4 Å². The zero-order chi connectivity index (χ0) is 19.3. The summed E-state index contributed by atoms with van der Waals surface area (Å²) in [5.41, 5.74) is 6.05. The van der Waals surface area contributed by atoms with Crippen LogP contribution in [-0.2, 0) is 17.6 Å². The van der Waals surface area contributed by atoms with E-state index in [2.05, 4.69) is 52.7 Å². The molecular formula is C25H26N2O. The van der Waals surface area contributed by atoms with Crippen molar-refractivity contribution < 1.29 is 4.79 Å². The van der Waals surface area contributed by atoms with Gasteiger partial charge < -0.3 is 5.32 Å². The molecule has 142 valence electrons. The summed E-state index contributed by atoms with van der Waals surface area (Å²) in [5, 5.41) is 3.13. The van der Waals surface area contributed by atoms with Crippen molar-refractivity contribution in [1.29, 1.82) is 0 Å². The Bertz CT molecular complexity index is 952. The molecule has 0 saturated heterocycles. The number of likely N-dealkylation sites (N-methyl/N-ethyl adjacent to an activating group) is 1. The highest BCUT2D eigenvalue weighted by Gasteiger charge is 2.26. The van der Waals surface area contributed by atoms with Gasteiger partial charge in [-0.3, -0.25) is 9.69 Å². The molecule has 1 aliphatic carbocycles. The second-order valence-electron chi connectivity index (χ2n) is 7.54. The maximum atomic E-state index is 12.7. The van der Waals surface area contributed by atoms with Crippen LogP contribution in [0.25, 0.3) is 0 Å². The molecule has 3 heteroatoms. The average molecular weight is 370 g/mol. The number of benzene rings is 3. The number of carbonyl (C=O) groups excluding carboxylic acids is 1.